The molecule has 4 heterocycles. The molecule has 0 aliphatic heterocycles. The van der Waals surface area contributed by atoms with E-state index in [0.29, 0.717) is 16.9 Å². The zero-order valence-electron chi connectivity index (χ0n) is 15.7. The Hall–Kier alpha value is -3.65. The van der Waals surface area contributed by atoms with Crippen LogP contribution in [0.15, 0.2) is 59.5 Å². The zero-order chi connectivity index (χ0) is 20.0. The Morgan fingerprint density at radius 1 is 1.14 bits per heavy atom. The lowest BCUT2D eigenvalue weighted by Gasteiger charge is -2.15. The van der Waals surface area contributed by atoms with Crippen LogP contribution in [0.3, 0.4) is 0 Å². The molecule has 0 amide bonds. The van der Waals surface area contributed by atoms with Crippen LogP contribution >= 0.6 is 11.6 Å². The van der Waals surface area contributed by atoms with E-state index in [1.807, 2.05) is 63.0 Å². The normalized spacial score (nSPS) is 11.3. The number of aryl methyl sites for hydroxylation is 1. The summed E-state index contributed by atoms with van der Waals surface area (Å²) in [4.78, 5) is 9.42. The second-order valence-corrected chi connectivity index (χ2v) is 7.03. The Morgan fingerprint density at radius 2 is 2.00 bits per heavy atom. The van der Waals surface area contributed by atoms with Crippen molar-refractivity contribution >= 4 is 34.3 Å². The van der Waals surface area contributed by atoms with E-state index >= 15 is 0 Å². The van der Waals surface area contributed by atoms with Crippen molar-refractivity contribution < 1.29 is 4.42 Å². The van der Waals surface area contributed by atoms with Gasteiger partial charge in [-0.1, -0.05) is 28.8 Å². The van der Waals surface area contributed by atoms with Crippen molar-refractivity contribution in [1.82, 2.24) is 29.9 Å². The van der Waals surface area contributed by atoms with Crippen molar-refractivity contribution in [2.45, 2.75) is 0 Å². The highest BCUT2D eigenvalue weighted by Gasteiger charge is 2.18. The molecule has 29 heavy (non-hydrogen) atoms. The maximum Gasteiger partial charge on any atom is 0.322 e. The summed E-state index contributed by atoms with van der Waals surface area (Å²) in [7, 11) is 3.71. The van der Waals surface area contributed by atoms with Crippen LogP contribution in [0, 0.1) is 0 Å². The Morgan fingerprint density at radius 3 is 2.79 bits per heavy atom. The molecule has 4 aromatic heterocycles. The molecule has 0 bridgehead atoms. The number of nitrogens with one attached hydrogen (secondary N) is 1. The minimum absolute atomic E-state index is 0.346. The van der Waals surface area contributed by atoms with Crippen LogP contribution in [-0.2, 0) is 7.05 Å². The summed E-state index contributed by atoms with van der Waals surface area (Å²) in [5.41, 5.74) is 4.25. The monoisotopic (exact) mass is 405 g/mol. The molecule has 1 aromatic carbocycles. The number of pyridine rings is 1. The van der Waals surface area contributed by atoms with Gasteiger partial charge in [-0.2, -0.15) is 5.10 Å². The van der Waals surface area contributed by atoms with E-state index in [1.165, 1.54) is 0 Å². The molecule has 0 unspecified atom stereocenters. The fraction of sp³-hybridized carbons (Fsp3) is 0.100. The summed E-state index contributed by atoms with van der Waals surface area (Å²) in [5, 5.41) is 14.1. The van der Waals surface area contributed by atoms with E-state index in [0.717, 1.165) is 33.4 Å². The first-order chi connectivity index (χ1) is 14.1. The summed E-state index contributed by atoms with van der Waals surface area (Å²) < 4.78 is 7.69. The van der Waals surface area contributed by atoms with Crippen LogP contribution in [-0.4, -0.2) is 37.0 Å². The van der Waals surface area contributed by atoms with Gasteiger partial charge in [-0.3, -0.25) is 9.58 Å². The van der Waals surface area contributed by atoms with Crippen LogP contribution in [0.5, 0.6) is 0 Å². The van der Waals surface area contributed by atoms with E-state index in [4.69, 9.17) is 16.0 Å². The topological polar surface area (TPSA) is 88.7 Å². The standard InChI is InChI=1S/C20H16ClN7O/c1-27-11-13(9-24-27)12-7-14-15(10-23-18(14)22-8-12)19-25-26-20(29-19)28(2)17-6-4-3-5-16(17)21/h3-11H,1-2H3,(H,22,23). The number of halogens is 1. The number of para-hydroxylation sites is 1. The number of rotatable bonds is 4. The number of fused-ring (bicyclic) bond motifs is 1. The van der Waals surface area contributed by atoms with Gasteiger partial charge in [0.2, 0.25) is 0 Å². The number of aromatic amines is 1. The van der Waals surface area contributed by atoms with E-state index < -0.39 is 0 Å². The van der Waals surface area contributed by atoms with Crippen molar-refractivity contribution in [3.63, 3.8) is 0 Å². The molecule has 0 atom stereocenters. The molecule has 0 radical (unpaired) electrons. The predicted molar refractivity (Wildman–Crippen MR) is 111 cm³/mol. The fourth-order valence-electron chi connectivity index (χ4n) is 3.20. The lowest BCUT2D eigenvalue weighted by molar-refractivity contribution is 0.572. The van der Waals surface area contributed by atoms with Gasteiger partial charge in [-0.25, -0.2) is 4.98 Å². The number of aromatic nitrogens is 6. The second kappa shape index (κ2) is 6.75. The first-order valence-corrected chi connectivity index (χ1v) is 9.26. The SMILES string of the molecule is CN(c1nnc(-c2c[nH]c3ncc(-c4cnn(C)c4)cc23)o1)c1ccccc1Cl. The Bertz CT molecular complexity index is 1320. The van der Waals surface area contributed by atoms with E-state index in [9.17, 15) is 0 Å². The highest BCUT2D eigenvalue weighted by molar-refractivity contribution is 6.33. The highest BCUT2D eigenvalue weighted by atomic mass is 35.5. The Labute approximate surface area is 170 Å². The van der Waals surface area contributed by atoms with Gasteiger partial charge < -0.3 is 9.40 Å². The minimum Gasteiger partial charge on any atom is -0.403 e. The molecule has 0 spiro atoms. The molecule has 0 fully saturated rings. The third-order valence-electron chi connectivity index (χ3n) is 4.71. The Balaban J connectivity index is 1.54. The molecule has 0 aliphatic carbocycles. The third-order valence-corrected chi connectivity index (χ3v) is 5.03. The molecule has 0 saturated heterocycles. The van der Waals surface area contributed by atoms with Crippen molar-refractivity contribution in [2.24, 2.45) is 7.05 Å². The predicted octanol–water partition coefficient (Wildman–Crippen LogP) is 4.43. The van der Waals surface area contributed by atoms with Crippen molar-refractivity contribution in [2.75, 3.05) is 11.9 Å². The third kappa shape index (κ3) is 3.03. The van der Waals surface area contributed by atoms with Crippen LogP contribution < -0.4 is 4.90 Å². The zero-order valence-corrected chi connectivity index (χ0v) is 16.4. The molecular formula is C20H16ClN7O. The number of nitrogens with zero attached hydrogens (tertiary/aromatic N) is 6. The van der Waals surface area contributed by atoms with Crippen molar-refractivity contribution in [3.8, 4) is 22.6 Å². The lowest BCUT2D eigenvalue weighted by atomic mass is 10.1. The largest absolute Gasteiger partial charge is 0.403 e. The van der Waals surface area contributed by atoms with Crippen LogP contribution in [0.4, 0.5) is 11.7 Å². The van der Waals surface area contributed by atoms with Crippen LogP contribution in [0.25, 0.3) is 33.6 Å². The van der Waals surface area contributed by atoms with Gasteiger partial charge >= 0.3 is 6.01 Å². The maximum atomic E-state index is 6.28. The first kappa shape index (κ1) is 17.4. The van der Waals surface area contributed by atoms with E-state index in [-0.39, 0.29) is 0 Å². The number of benzene rings is 1. The molecule has 144 valence electrons. The fourth-order valence-corrected chi connectivity index (χ4v) is 3.46. The van der Waals surface area contributed by atoms with Gasteiger partial charge in [0.25, 0.3) is 5.89 Å². The van der Waals surface area contributed by atoms with Gasteiger partial charge in [0.05, 0.1) is 22.5 Å². The first-order valence-electron chi connectivity index (χ1n) is 8.88. The van der Waals surface area contributed by atoms with Gasteiger partial charge in [-0.05, 0) is 18.2 Å². The van der Waals surface area contributed by atoms with Crippen LogP contribution in [0.1, 0.15) is 0 Å². The number of hydrogen-bond acceptors (Lipinski definition) is 6. The molecule has 0 aliphatic rings. The second-order valence-electron chi connectivity index (χ2n) is 6.63. The average molecular weight is 406 g/mol. The molecule has 1 N–H and O–H groups in total. The lowest BCUT2D eigenvalue weighted by Crippen LogP contribution is -2.10. The summed E-state index contributed by atoms with van der Waals surface area (Å²) >= 11 is 6.28. The van der Waals surface area contributed by atoms with Gasteiger partial charge in [0.15, 0.2) is 0 Å². The smallest absolute Gasteiger partial charge is 0.322 e. The van der Waals surface area contributed by atoms with Crippen molar-refractivity contribution in [1.29, 1.82) is 0 Å². The molecule has 9 heteroatoms. The molecule has 0 saturated carbocycles. The Kier molecular flexibility index (Phi) is 4.06. The van der Waals surface area contributed by atoms with Gasteiger partial charge in [-0.15, -0.1) is 5.10 Å². The molecule has 8 nitrogen and oxygen atoms in total. The minimum atomic E-state index is 0.346. The average Bonchev–Trinajstić information content (AvgIpc) is 3.46. The number of hydrogen-bond donors (Lipinski definition) is 1. The van der Waals surface area contributed by atoms with E-state index in [1.54, 1.807) is 15.8 Å². The van der Waals surface area contributed by atoms with Crippen LogP contribution in [0.2, 0.25) is 5.02 Å². The molecular weight excluding hydrogens is 390 g/mol. The summed E-state index contributed by atoms with van der Waals surface area (Å²) in [6.45, 7) is 0. The van der Waals surface area contributed by atoms with Gasteiger partial charge in [0.1, 0.15) is 5.65 Å². The summed E-state index contributed by atoms with van der Waals surface area (Å²) in [6.07, 6.45) is 7.37. The highest BCUT2D eigenvalue weighted by Crippen LogP contribution is 2.34. The summed E-state index contributed by atoms with van der Waals surface area (Å²) in [6, 6.07) is 9.86. The quantitative estimate of drug-likeness (QED) is 0.475. The van der Waals surface area contributed by atoms with Gasteiger partial charge in [0, 0.05) is 49.2 Å². The maximum absolute atomic E-state index is 6.28. The molecule has 5 rings (SSSR count). The summed E-state index contributed by atoms with van der Waals surface area (Å²) in [5.74, 6) is 0.398. The molecule has 5 aromatic rings. The van der Waals surface area contributed by atoms with Crippen molar-refractivity contribution in [3.05, 3.63) is 60.1 Å². The number of anilines is 2. The number of H-pyrrole nitrogens is 1. The van der Waals surface area contributed by atoms with E-state index in [2.05, 4.69) is 25.3 Å².